The van der Waals surface area contributed by atoms with Gasteiger partial charge < -0.3 is 4.74 Å². The Morgan fingerprint density at radius 1 is 1.35 bits per heavy atom. The fraction of sp³-hybridized carbons (Fsp3) is 0.118. The number of aromatic nitrogens is 3. The summed E-state index contributed by atoms with van der Waals surface area (Å²) in [6, 6.07) is 13.7. The number of nitro benzene ring substituents is 1. The average Bonchev–Trinajstić information content (AvgIpc) is 3.01. The molecular weight excluding hydrogens is 354 g/mol. The quantitative estimate of drug-likeness (QED) is 0.308. The molecule has 132 valence electrons. The molecule has 0 saturated heterocycles. The van der Waals surface area contributed by atoms with E-state index in [1.807, 2.05) is 31.2 Å². The van der Waals surface area contributed by atoms with Crippen LogP contribution in [0.4, 0.5) is 5.69 Å². The molecule has 0 unspecified atom stereocenters. The Bertz CT molecular complexity index is 1020. The van der Waals surface area contributed by atoms with Crippen molar-refractivity contribution in [2.45, 2.75) is 6.92 Å². The molecule has 26 heavy (non-hydrogen) atoms. The Labute approximate surface area is 153 Å². The van der Waals surface area contributed by atoms with E-state index in [1.165, 1.54) is 17.0 Å². The summed E-state index contributed by atoms with van der Waals surface area (Å²) >= 11 is 5.22. The average molecular weight is 369 g/mol. The first kappa shape index (κ1) is 17.5. The van der Waals surface area contributed by atoms with E-state index in [4.69, 9.17) is 17.0 Å². The van der Waals surface area contributed by atoms with E-state index in [2.05, 4.69) is 15.3 Å². The Morgan fingerprint density at radius 3 is 2.92 bits per heavy atom. The van der Waals surface area contributed by atoms with Gasteiger partial charge in [-0.05, 0) is 37.3 Å². The molecule has 0 bridgehead atoms. The number of hydrogen-bond acceptors (Lipinski definition) is 6. The minimum atomic E-state index is -0.456. The largest absolute Gasteiger partial charge is 0.494 e. The normalized spacial score (nSPS) is 11.0. The van der Waals surface area contributed by atoms with E-state index in [0.717, 1.165) is 5.56 Å². The van der Waals surface area contributed by atoms with Gasteiger partial charge in [0.05, 0.1) is 23.3 Å². The molecule has 1 heterocycles. The van der Waals surface area contributed by atoms with Crippen LogP contribution in [0, 0.1) is 14.9 Å². The smallest absolute Gasteiger partial charge is 0.278 e. The molecule has 3 rings (SSSR count). The lowest BCUT2D eigenvalue weighted by molar-refractivity contribution is -0.385. The molecule has 0 fully saturated rings. The SMILES string of the molecule is CCOc1cccc(-c2n[nH]c(=S)n2/N=C/c2ccccc2[N+](=O)[O-])c1. The van der Waals surface area contributed by atoms with Crippen molar-refractivity contribution in [3.8, 4) is 17.1 Å². The van der Waals surface area contributed by atoms with Gasteiger partial charge in [-0.15, -0.1) is 0 Å². The van der Waals surface area contributed by atoms with E-state index in [1.54, 1.807) is 18.2 Å². The van der Waals surface area contributed by atoms with Crippen molar-refractivity contribution in [2.24, 2.45) is 5.10 Å². The number of nitro groups is 1. The van der Waals surface area contributed by atoms with E-state index in [0.29, 0.717) is 23.7 Å². The van der Waals surface area contributed by atoms with Crippen molar-refractivity contribution in [1.29, 1.82) is 0 Å². The topological polar surface area (TPSA) is 98.3 Å². The van der Waals surface area contributed by atoms with Crippen LogP contribution in [0.1, 0.15) is 12.5 Å². The van der Waals surface area contributed by atoms with Gasteiger partial charge in [0.2, 0.25) is 4.77 Å². The van der Waals surface area contributed by atoms with Crippen LogP contribution in [0.3, 0.4) is 0 Å². The lowest BCUT2D eigenvalue weighted by atomic mass is 10.2. The van der Waals surface area contributed by atoms with Crippen molar-refractivity contribution in [3.05, 3.63) is 69.0 Å². The highest BCUT2D eigenvalue weighted by Gasteiger charge is 2.12. The van der Waals surface area contributed by atoms with Crippen molar-refractivity contribution >= 4 is 24.1 Å². The number of nitrogens with zero attached hydrogens (tertiary/aromatic N) is 4. The van der Waals surface area contributed by atoms with Gasteiger partial charge in [-0.1, -0.05) is 24.3 Å². The molecule has 0 saturated carbocycles. The molecule has 0 atom stereocenters. The molecule has 0 amide bonds. The molecule has 0 radical (unpaired) electrons. The van der Waals surface area contributed by atoms with Gasteiger partial charge in [0, 0.05) is 11.6 Å². The second-order valence-corrected chi connectivity index (χ2v) is 5.57. The molecule has 1 N–H and O–H groups in total. The van der Waals surface area contributed by atoms with Crippen molar-refractivity contribution in [2.75, 3.05) is 6.61 Å². The Kier molecular flexibility index (Phi) is 5.18. The van der Waals surface area contributed by atoms with Gasteiger partial charge in [0.1, 0.15) is 5.75 Å². The van der Waals surface area contributed by atoms with E-state index >= 15 is 0 Å². The molecule has 0 aliphatic heterocycles. The van der Waals surface area contributed by atoms with Crippen LogP contribution in [0.25, 0.3) is 11.4 Å². The third-order valence-corrected chi connectivity index (χ3v) is 3.76. The molecule has 2 aromatic carbocycles. The van der Waals surface area contributed by atoms with Gasteiger partial charge in [-0.25, -0.2) is 5.10 Å². The Hall–Kier alpha value is -3.33. The molecule has 9 heteroatoms. The summed E-state index contributed by atoms with van der Waals surface area (Å²) in [5.74, 6) is 1.18. The summed E-state index contributed by atoms with van der Waals surface area (Å²) < 4.78 is 7.19. The zero-order valence-electron chi connectivity index (χ0n) is 13.8. The van der Waals surface area contributed by atoms with Crippen LogP contribution in [0.15, 0.2) is 53.6 Å². The maximum absolute atomic E-state index is 11.1. The number of hydrogen-bond donors (Lipinski definition) is 1. The lowest BCUT2D eigenvalue weighted by Crippen LogP contribution is -1.98. The van der Waals surface area contributed by atoms with Crippen LogP contribution in [-0.4, -0.2) is 32.6 Å². The summed E-state index contributed by atoms with van der Waals surface area (Å²) in [6.07, 6.45) is 1.39. The first-order valence-electron chi connectivity index (χ1n) is 7.78. The second-order valence-electron chi connectivity index (χ2n) is 5.19. The third kappa shape index (κ3) is 3.67. The van der Waals surface area contributed by atoms with E-state index < -0.39 is 4.92 Å². The summed E-state index contributed by atoms with van der Waals surface area (Å²) in [5, 5.41) is 22.3. The minimum absolute atomic E-state index is 0.0360. The van der Waals surface area contributed by atoms with Crippen LogP contribution in [0.2, 0.25) is 0 Å². The number of para-hydroxylation sites is 1. The molecule has 0 aliphatic carbocycles. The maximum Gasteiger partial charge on any atom is 0.278 e. The highest BCUT2D eigenvalue weighted by molar-refractivity contribution is 7.71. The lowest BCUT2D eigenvalue weighted by Gasteiger charge is -2.05. The third-order valence-electron chi connectivity index (χ3n) is 3.50. The summed E-state index contributed by atoms with van der Waals surface area (Å²) in [4.78, 5) is 10.7. The molecule has 0 aliphatic rings. The highest BCUT2D eigenvalue weighted by Crippen LogP contribution is 2.23. The van der Waals surface area contributed by atoms with Gasteiger partial charge in [0.15, 0.2) is 5.82 Å². The molecule has 0 spiro atoms. The standard InChI is InChI=1S/C17H15N5O3S/c1-2-25-14-8-5-7-12(10-14)16-19-20-17(26)21(16)18-11-13-6-3-4-9-15(13)22(23)24/h3-11H,2H2,1H3,(H,20,26)/b18-11+. The van der Waals surface area contributed by atoms with Crippen molar-refractivity contribution in [3.63, 3.8) is 0 Å². The van der Waals surface area contributed by atoms with E-state index in [-0.39, 0.29) is 10.5 Å². The molecule has 3 aromatic rings. The van der Waals surface area contributed by atoms with E-state index in [9.17, 15) is 10.1 Å². The van der Waals surface area contributed by atoms with Crippen LogP contribution in [-0.2, 0) is 0 Å². The fourth-order valence-electron chi connectivity index (χ4n) is 2.36. The minimum Gasteiger partial charge on any atom is -0.494 e. The van der Waals surface area contributed by atoms with Gasteiger partial charge >= 0.3 is 0 Å². The number of rotatable bonds is 6. The van der Waals surface area contributed by atoms with Gasteiger partial charge in [0.25, 0.3) is 5.69 Å². The second kappa shape index (κ2) is 7.70. The van der Waals surface area contributed by atoms with Crippen molar-refractivity contribution in [1.82, 2.24) is 14.9 Å². The first-order chi connectivity index (χ1) is 12.6. The first-order valence-corrected chi connectivity index (χ1v) is 8.19. The number of aromatic amines is 1. The predicted molar refractivity (Wildman–Crippen MR) is 100 cm³/mol. The van der Waals surface area contributed by atoms with Crippen LogP contribution >= 0.6 is 12.2 Å². The molecule has 8 nitrogen and oxygen atoms in total. The number of benzene rings is 2. The Balaban J connectivity index is 2.01. The Morgan fingerprint density at radius 2 is 2.15 bits per heavy atom. The van der Waals surface area contributed by atoms with Crippen LogP contribution in [0.5, 0.6) is 5.75 Å². The van der Waals surface area contributed by atoms with Crippen LogP contribution < -0.4 is 4.74 Å². The maximum atomic E-state index is 11.1. The zero-order chi connectivity index (χ0) is 18.5. The predicted octanol–water partition coefficient (Wildman–Crippen LogP) is 3.80. The monoisotopic (exact) mass is 369 g/mol. The van der Waals surface area contributed by atoms with Gasteiger partial charge in [-0.2, -0.15) is 14.9 Å². The highest BCUT2D eigenvalue weighted by atomic mass is 32.1. The number of H-pyrrole nitrogens is 1. The van der Waals surface area contributed by atoms with Crippen molar-refractivity contribution < 1.29 is 9.66 Å². The molecule has 1 aromatic heterocycles. The van der Waals surface area contributed by atoms with Gasteiger partial charge in [-0.3, -0.25) is 10.1 Å². The fourth-order valence-corrected chi connectivity index (χ4v) is 2.54. The number of ether oxygens (including phenoxy) is 1. The molecular formula is C17H15N5O3S. The zero-order valence-corrected chi connectivity index (χ0v) is 14.6. The summed E-state index contributed by atoms with van der Waals surface area (Å²) in [7, 11) is 0. The summed E-state index contributed by atoms with van der Waals surface area (Å²) in [5.41, 5.74) is 1.09. The number of nitrogens with one attached hydrogen (secondary N) is 1. The summed E-state index contributed by atoms with van der Waals surface area (Å²) in [6.45, 7) is 2.45.